The molecule has 8 rings (SSSR count). The predicted octanol–water partition coefficient (Wildman–Crippen LogP) is 2.17. The van der Waals surface area contributed by atoms with Crippen molar-refractivity contribution in [1.82, 2.24) is 28.9 Å². The topological polar surface area (TPSA) is 300 Å². The van der Waals surface area contributed by atoms with Gasteiger partial charge in [-0.3, -0.25) is 24.4 Å². The maximum absolute atomic E-state index is 15.7. The van der Waals surface area contributed by atoms with Crippen molar-refractivity contribution in [3.63, 3.8) is 0 Å². The first-order chi connectivity index (χ1) is 33.0. The number of hydrogen-bond donors (Lipinski definition) is 5. The third-order valence-electron chi connectivity index (χ3n) is 13.3. The summed E-state index contributed by atoms with van der Waals surface area (Å²) < 4.78 is 39.5. The van der Waals surface area contributed by atoms with E-state index in [2.05, 4.69) is 29.9 Å². The Morgan fingerprint density at radius 1 is 0.714 bits per heavy atom. The standard InChI is InChI=1S/C46H60F2N16O6/c1-45(2,3)63-21-30(40(68)69)34(66)28-15-31(47)38(55-36(28)63)59-17-26-13-24(59)19-61(26)43(51)57-41(49)53-11-9-7-8-10-12-54-42(50)58-44(52)62-20-25-14-27(62)18-60(25)39-32(48)16-29-35(67)33(70-23-65)22-64(37(29)56-39)46(4,5)6/h15-16,21-27H,7-14,17-20H2,1-6H3,(H,68,69)(H4,49,51,53,57)(H4,50,52,54,58)/t24?,25?,26-,27+/m0/s1. The molecule has 0 amide bonds. The normalized spacial score (nSPS) is 21.0. The van der Waals surface area contributed by atoms with Crippen molar-refractivity contribution < 1.29 is 28.2 Å². The van der Waals surface area contributed by atoms with Gasteiger partial charge in [-0.1, -0.05) is 12.8 Å². The van der Waals surface area contributed by atoms with Gasteiger partial charge < -0.3 is 61.5 Å². The number of unbranched alkanes of at least 4 members (excludes halogenated alkanes) is 3. The van der Waals surface area contributed by atoms with E-state index in [1.807, 2.05) is 61.1 Å². The minimum atomic E-state index is -1.39. The Balaban J connectivity index is 0.784. The first kappa shape index (κ1) is 49.0. The maximum Gasteiger partial charge on any atom is 0.341 e. The van der Waals surface area contributed by atoms with Crippen LogP contribution in [0.3, 0.4) is 0 Å². The van der Waals surface area contributed by atoms with Gasteiger partial charge in [-0.05, 0) is 79.4 Å². The number of carboxylic acid groups (broad SMARTS) is 1. The van der Waals surface area contributed by atoms with E-state index in [9.17, 15) is 24.3 Å². The second-order valence-electron chi connectivity index (χ2n) is 20.2. The molecule has 4 saturated heterocycles. The Hall–Kier alpha value is -7.40. The van der Waals surface area contributed by atoms with Crippen molar-refractivity contribution in [2.24, 2.45) is 42.9 Å². The van der Waals surface area contributed by atoms with E-state index in [0.29, 0.717) is 52.1 Å². The number of guanidine groups is 4. The largest absolute Gasteiger partial charge is 0.477 e. The number of carbonyl (C=O) groups is 2. The molecule has 8 heterocycles. The second kappa shape index (κ2) is 18.8. The van der Waals surface area contributed by atoms with Crippen molar-refractivity contribution in [2.75, 3.05) is 49.1 Å². The molecule has 2 unspecified atom stereocenters. The fourth-order valence-corrected chi connectivity index (χ4v) is 9.93. The minimum Gasteiger partial charge on any atom is -0.477 e. The van der Waals surface area contributed by atoms with E-state index < -0.39 is 45.1 Å². The number of halogens is 2. The molecule has 4 fully saturated rings. The lowest BCUT2D eigenvalue weighted by molar-refractivity contribution is -0.120. The number of aliphatic imine (C=N–C) groups is 4. The molecule has 0 aliphatic carbocycles. The number of likely N-dealkylation sites (tertiary alicyclic amines) is 2. The van der Waals surface area contributed by atoms with Crippen molar-refractivity contribution in [2.45, 2.75) is 115 Å². The van der Waals surface area contributed by atoms with E-state index in [1.54, 1.807) is 9.13 Å². The van der Waals surface area contributed by atoms with Gasteiger partial charge in [0.25, 0.3) is 6.47 Å². The average molecular weight is 971 g/mol. The predicted molar refractivity (Wildman–Crippen MR) is 263 cm³/mol. The zero-order valence-electron chi connectivity index (χ0n) is 40.1. The molecule has 4 aromatic heterocycles. The Bertz CT molecular complexity index is 2990. The highest BCUT2D eigenvalue weighted by atomic mass is 19.1. The van der Waals surface area contributed by atoms with Crippen LogP contribution in [-0.2, 0) is 15.9 Å². The van der Waals surface area contributed by atoms with Crippen LogP contribution in [0.15, 0.2) is 54.1 Å². The number of pyridine rings is 4. The first-order valence-electron chi connectivity index (χ1n) is 23.3. The summed E-state index contributed by atoms with van der Waals surface area (Å²) in [6.07, 6.45) is 7.30. The third-order valence-corrected chi connectivity index (χ3v) is 13.3. The number of rotatable bonds is 12. The Morgan fingerprint density at radius 3 is 1.56 bits per heavy atom. The van der Waals surface area contributed by atoms with Gasteiger partial charge in [-0.15, -0.1) is 0 Å². The number of nitrogens with two attached hydrogens (primary N) is 4. The van der Waals surface area contributed by atoms with Crippen molar-refractivity contribution in [3.8, 4) is 5.75 Å². The molecule has 4 aliphatic heterocycles. The molecule has 374 valence electrons. The molecular weight excluding hydrogens is 911 g/mol. The number of carboxylic acids is 1. The van der Waals surface area contributed by atoms with Crippen LogP contribution in [0.2, 0.25) is 0 Å². The van der Waals surface area contributed by atoms with Crippen molar-refractivity contribution in [1.29, 1.82) is 0 Å². The highest BCUT2D eigenvalue weighted by Crippen LogP contribution is 2.38. The Morgan fingerprint density at radius 2 is 1.16 bits per heavy atom. The number of aromatic nitrogens is 4. The van der Waals surface area contributed by atoms with Crippen molar-refractivity contribution in [3.05, 3.63) is 62.2 Å². The number of nitrogens with zero attached hydrogens (tertiary/aromatic N) is 12. The van der Waals surface area contributed by atoms with E-state index in [0.717, 1.165) is 37.8 Å². The number of piperazine rings is 2. The number of fused-ring (bicyclic) bond motifs is 6. The molecule has 0 spiro atoms. The average Bonchev–Trinajstić information content (AvgIpc) is 4.10. The number of aromatic carboxylic acids is 1. The summed E-state index contributed by atoms with van der Waals surface area (Å²) in [5.41, 5.74) is 22.5. The first-order valence-corrected chi connectivity index (χ1v) is 23.3. The molecule has 22 nitrogen and oxygen atoms in total. The Labute approximate surface area is 401 Å². The number of carbonyl (C=O) groups excluding carboxylic acids is 1. The van der Waals surface area contributed by atoms with Gasteiger partial charge >= 0.3 is 5.97 Å². The van der Waals surface area contributed by atoms with Gasteiger partial charge in [0.05, 0.1) is 41.1 Å². The third kappa shape index (κ3) is 9.49. The lowest BCUT2D eigenvalue weighted by atomic mass is 10.1. The lowest BCUT2D eigenvalue weighted by Gasteiger charge is -2.35. The quantitative estimate of drug-likeness (QED) is 0.0588. The van der Waals surface area contributed by atoms with E-state index in [4.69, 9.17) is 27.7 Å². The van der Waals surface area contributed by atoms with Crippen LogP contribution in [-0.4, -0.2) is 134 Å². The van der Waals surface area contributed by atoms with Gasteiger partial charge in [-0.25, -0.2) is 23.5 Å². The fraction of sp³-hybridized carbons (Fsp3) is 0.522. The molecule has 24 heteroatoms. The zero-order chi connectivity index (χ0) is 50.6. The maximum atomic E-state index is 15.7. The minimum absolute atomic E-state index is 0.00994. The van der Waals surface area contributed by atoms with Crippen LogP contribution in [0.4, 0.5) is 20.4 Å². The van der Waals surface area contributed by atoms with Crippen molar-refractivity contribution >= 4 is 70.0 Å². The highest BCUT2D eigenvalue weighted by molar-refractivity contribution is 5.95. The molecule has 0 aromatic carbocycles. The summed E-state index contributed by atoms with van der Waals surface area (Å²) >= 11 is 0. The molecule has 4 atom stereocenters. The lowest BCUT2D eigenvalue weighted by Crippen LogP contribution is -2.52. The summed E-state index contributed by atoms with van der Waals surface area (Å²) in [5.74, 6) is -2.20. The molecular formula is C46H60F2N16O6. The molecule has 9 N–H and O–H groups in total. The molecule has 70 heavy (non-hydrogen) atoms. The van der Waals surface area contributed by atoms with E-state index in [-0.39, 0.29) is 93.9 Å². The summed E-state index contributed by atoms with van der Waals surface area (Å²) in [4.78, 5) is 83.2. The molecule has 4 aromatic rings. The van der Waals surface area contributed by atoms with Crippen LogP contribution in [0.1, 0.15) is 90.4 Å². The van der Waals surface area contributed by atoms with Gasteiger partial charge in [0, 0.05) is 56.5 Å². The molecule has 0 radical (unpaired) electrons. The molecule has 0 saturated carbocycles. The number of anilines is 2. The number of hydrogen-bond acceptors (Lipinski definition) is 11. The molecule has 4 bridgehead atoms. The van der Waals surface area contributed by atoms with Crippen LogP contribution >= 0.6 is 0 Å². The van der Waals surface area contributed by atoms with Gasteiger partial charge in [0.2, 0.25) is 22.8 Å². The molecule has 4 aliphatic rings. The summed E-state index contributed by atoms with van der Waals surface area (Å²) in [5, 5.41) is 9.54. The SMILES string of the molecule is CC(C)(C)n1cc(OC=O)c(=O)c2cc(F)c(N3C[C@H]4CC3CN4/C(N)=N/C(N)=NCCCCCCN=C(N)/N=C(\N)N3CC4C[C@H]3CN4c3nc4c(cc3F)c(=O)c(C(=O)O)cn4C(C)(C)C)nc21. The summed E-state index contributed by atoms with van der Waals surface area (Å²) in [7, 11) is 0. The summed E-state index contributed by atoms with van der Waals surface area (Å²) in [6, 6.07) is 1.81. The van der Waals surface area contributed by atoms with Crippen LogP contribution < -0.4 is 48.3 Å². The highest BCUT2D eigenvalue weighted by Gasteiger charge is 2.47. The second-order valence-corrected chi connectivity index (χ2v) is 20.2. The smallest absolute Gasteiger partial charge is 0.341 e. The van der Waals surface area contributed by atoms with Crippen LogP contribution in [0.5, 0.6) is 5.75 Å². The Kier molecular flexibility index (Phi) is 13.2. The van der Waals surface area contributed by atoms with Gasteiger partial charge in [0.1, 0.15) is 16.9 Å². The zero-order valence-corrected chi connectivity index (χ0v) is 40.1. The number of ether oxygens (including phenoxy) is 1. The van der Waals surface area contributed by atoms with Gasteiger partial charge in [-0.2, -0.15) is 9.98 Å². The van der Waals surface area contributed by atoms with E-state index >= 15 is 8.78 Å². The fourth-order valence-electron chi connectivity index (χ4n) is 9.93. The monoisotopic (exact) mass is 970 g/mol. The van der Waals surface area contributed by atoms with E-state index in [1.165, 1.54) is 12.4 Å². The van der Waals surface area contributed by atoms with Gasteiger partial charge in [0.15, 0.2) is 40.9 Å². The van der Waals surface area contributed by atoms with Crippen LogP contribution in [0, 0.1) is 11.6 Å². The van der Waals surface area contributed by atoms with Crippen LogP contribution in [0.25, 0.3) is 22.1 Å². The summed E-state index contributed by atoms with van der Waals surface area (Å²) in [6.45, 7) is 14.1.